The minimum absolute atomic E-state index is 0.154. The first-order valence-electron chi connectivity index (χ1n) is 8.12. The summed E-state index contributed by atoms with van der Waals surface area (Å²) in [6, 6.07) is 0.803. The van der Waals surface area contributed by atoms with Crippen molar-refractivity contribution in [3.63, 3.8) is 0 Å². The van der Waals surface area contributed by atoms with E-state index in [0.717, 1.165) is 39.0 Å². The highest BCUT2D eigenvalue weighted by atomic mass is 16.5. The third-order valence-corrected chi connectivity index (χ3v) is 4.11. The highest BCUT2D eigenvalue weighted by molar-refractivity contribution is 5.80. The second-order valence-corrected chi connectivity index (χ2v) is 6.43. The van der Waals surface area contributed by atoms with Crippen molar-refractivity contribution in [1.82, 2.24) is 10.2 Å². The average molecular weight is 300 g/mol. The Hall–Kier alpha value is -0.650. The van der Waals surface area contributed by atoms with Gasteiger partial charge in [0.05, 0.1) is 6.61 Å². The Morgan fingerprint density at radius 3 is 2.57 bits per heavy atom. The van der Waals surface area contributed by atoms with Crippen LogP contribution in [0, 0.1) is 0 Å². The first kappa shape index (κ1) is 18.4. The number of nitrogens with one attached hydrogen (secondary N) is 1. The fraction of sp³-hybridized carbons (Fsp3) is 0.938. The molecule has 5 heteroatoms. The maximum atomic E-state index is 12.3. The summed E-state index contributed by atoms with van der Waals surface area (Å²) >= 11 is 0. The predicted molar refractivity (Wildman–Crippen MR) is 84.4 cm³/mol. The van der Waals surface area contributed by atoms with Gasteiger partial charge in [-0.1, -0.05) is 0 Å². The molecule has 124 valence electrons. The molecule has 1 heterocycles. The molecule has 0 amide bonds. The Bertz CT molecular complexity index is 317. The maximum absolute atomic E-state index is 12.3. The van der Waals surface area contributed by atoms with Crippen molar-refractivity contribution >= 4 is 5.97 Å². The zero-order valence-electron chi connectivity index (χ0n) is 14.3. The predicted octanol–water partition coefficient (Wildman–Crippen LogP) is 1.81. The number of carbonyl (C=O) groups excluding carboxylic acids is 1. The van der Waals surface area contributed by atoms with Gasteiger partial charge in [-0.2, -0.15) is 0 Å². The standard InChI is InChI=1S/C16H32N2O3/c1-6-21-15(19)16(4,17-13(2)3)9-10-18(5)14-7-11-20-12-8-14/h13-14,17H,6-12H2,1-5H3. The van der Waals surface area contributed by atoms with Crippen molar-refractivity contribution in [2.24, 2.45) is 0 Å². The normalized spacial score (nSPS) is 19.8. The highest BCUT2D eigenvalue weighted by Crippen LogP contribution is 2.18. The first-order chi connectivity index (χ1) is 9.89. The van der Waals surface area contributed by atoms with Crippen LogP contribution in [-0.2, 0) is 14.3 Å². The zero-order valence-corrected chi connectivity index (χ0v) is 14.3. The largest absolute Gasteiger partial charge is 0.465 e. The Balaban J connectivity index is 2.57. The fourth-order valence-electron chi connectivity index (χ4n) is 2.87. The Morgan fingerprint density at radius 1 is 1.43 bits per heavy atom. The molecule has 1 atom stereocenters. The molecular formula is C16H32N2O3. The number of carbonyl (C=O) groups is 1. The van der Waals surface area contributed by atoms with Gasteiger partial charge in [0, 0.05) is 31.8 Å². The van der Waals surface area contributed by atoms with E-state index >= 15 is 0 Å². The smallest absolute Gasteiger partial charge is 0.326 e. The van der Waals surface area contributed by atoms with E-state index < -0.39 is 5.54 Å². The quantitative estimate of drug-likeness (QED) is 0.693. The lowest BCUT2D eigenvalue weighted by Gasteiger charge is -2.35. The molecule has 0 saturated carbocycles. The number of nitrogens with zero attached hydrogens (tertiary/aromatic N) is 1. The van der Waals surface area contributed by atoms with Gasteiger partial charge in [0.2, 0.25) is 0 Å². The molecule has 0 spiro atoms. The van der Waals surface area contributed by atoms with E-state index in [9.17, 15) is 4.79 Å². The molecule has 1 saturated heterocycles. The van der Waals surface area contributed by atoms with Gasteiger partial charge < -0.3 is 14.4 Å². The van der Waals surface area contributed by atoms with E-state index in [1.54, 1.807) is 0 Å². The molecule has 0 radical (unpaired) electrons. The molecule has 21 heavy (non-hydrogen) atoms. The average Bonchev–Trinajstić information content (AvgIpc) is 2.45. The summed E-state index contributed by atoms with van der Waals surface area (Å²) < 4.78 is 10.7. The Morgan fingerprint density at radius 2 is 2.05 bits per heavy atom. The number of esters is 1. The van der Waals surface area contributed by atoms with E-state index in [4.69, 9.17) is 9.47 Å². The van der Waals surface area contributed by atoms with Crippen molar-refractivity contribution in [2.45, 2.75) is 64.6 Å². The van der Waals surface area contributed by atoms with Crippen LogP contribution < -0.4 is 5.32 Å². The van der Waals surface area contributed by atoms with Gasteiger partial charge in [-0.3, -0.25) is 10.1 Å². The minimum Gasteiger partial charge on any atom is -0.465 e. The number of ether oxygens (including phenoxy) is 2. The van der Waals surface area contributed by atoms with Crippen LogP contribution in [-0.4, -0.2) is 61.9 Å². The molecule has 1 aliphatic rings. The van der Waals surface area contributed by atoms with Gasteiger partial charge >= 0.3 is 5.97 Å². The highest BCUT2D eigenvalue weighted by Gasteiger charge is 2.35. The van der Waals surface area contributed by atoms with Gasteiger partial charge in [-0.05, 0) is 54.0 Å². The van der Waals surface area contributed by atoms with Gasteiger partial charge in [0.1, 0.15) is 5.54 Å². The van der Waals surface area contributed by atoms with Crippen molar-refractivity contribution < 1.29 is 14.3 Å². The van der Waals surface area contributed by atoms with Crippen LogP contribution in [0.25, 0.3) is 0 Å². The van der Waals surface area contributed by atoms with E-state index in [1.807, 2.05) is 13.8 Å². The van der Waals surface area contributed by atoms with Gasteiger partial charge in [-0.15, -0.1) is 0 Å². The lowest BCUT2D eigenvalue weighted by atomic mass is 9.95. The molecule has 1 N–H and O–H groups in total. The molecular weight excluding hydrogens is 268 g/mol. The third-order valence-electron chi connectivity index (χ3n) is 4.11. The second kappa shape index (κ2) is 8.71. The fourth-order valence-corrected chi connectivity index (χ4v) is 2.87. The van der Waals surface area contributed by atoms with Crippen LogP contribution in [0.1, 0.15) is 47.0 Å². The Labute approximate surface area is 129 Å². The molecule has 1 fully saturated rings. The zero-order chi connectivity index (χ0) is 15.9. The Kier molecular flexibility index (Phi) is 7.63. The van der Waals surface area contributed by atoms with Crippen molar-refractivity contribution in [1.29, 1.82) is 0 Å². The summed E-state index contributed by atoms with van der Waals surface area (Å²) in [7, 11) is 2.14. The van der Waals surface area contributed by atoms with Crippen molar-refractivity contribution in [3.8, 4) is 0 Å². The second-order valence-electron chi connectivity index (χ2n) is 6.43. The maximum Gasteiger partial charge on any atom is 0.326 e. The van der Waals surface area contributed by atoms with Crippen LogP contribution in [0.15, 0.2) is 0 Å². The molecule has 1 aliphatic heterocycles. The van der Waals surface area contributed by atoms with Gasteiger partial charge in [0.15, 0.2) is 0 Å². The summed E-state index contributed by atoms with van der Waals surface area (Å²) in [6.45, 7) is 10.9. The number of hydrogen-bond donors (Lipinski definition) is 1. The van der Waals surface area contributed by atoms with Crippen molar-refractivity contribution in [2.75, 3.05) is 33.4 Å². The molecule has 1 rings (SSSR count). The van der Waals surface area contributed by atoms with Crippen LogP contribution >= 0.6 is 0 Å². The van der Waals surface area contributed by atoms with Crippen LogP contribution in [0.3, 0.4) is 0 Å². The molecule has 0 aromatic heterocycles. The van der Waals surface area contributed by atoms with Crippen molar-refractivity contribution in [3.05, 3.63) is 0 Å². The first-order valence-corrected chi connectivity index (χ1v) is 8.12. The number of rotatable bonds is 8. The minimum atomic E-state index is -0.621. The molecule has 0 aromatic carbocycles. The molecule has 5 nitrogen and oxygen atoms in total. The van der Waals surface area contributed by atoms with Gasteiger partial charge in [-0.25, -0.2) is 0 Å². The number of hydrogen-bond acceptors (Lipinski definition) is 5. The summed E-state index contributed by atoms with van der Waals surface area (Å²) in [5.74, 6) is -0.154. The van der Waals surface area contributed by atoms with E-state index in [2.05, 4.69) is 31.1 Å². The topological polar surface area (TPSA) is 50.8 Å². The SMILES string of the molecule is CCOC(=O)C(C)(CCN(C)C1CCOCC1)NC(C)C. The van der Waals surface area contributed by atoms with Crippen LogP contribution in [0.4, 0.5) is 0 Å². The molecule has 1 unspecified atom stereocenters. The van der Waals surface area contributed by atoms with Crippen LogP contribution in [0.2, 0.25) is 0 Å². The monoisotopic (exact) mass is 300 g/mol. The van der Waals surface area contributed by atoms with E-state index in [-0.39, 0.29) is 12.0 Å². The summed E-state index contributed by atoms with van der Waals surface area (Å²) in [6.07, 6.45) is 2.90. The van der Waals surface area contributed by atoms with E-state index in [0.29, 0.717) is 12.6 Å². The van der Waals surface area contributed by atoms with E-state index in [1.165, 1.54) is 0 Å². The van der Waals surface area contributed by atoms with Crippen LogP contribution in [0.5, 0.6) is 0 Å². The summed E-state index contributed by atoms with van der Waals surface area (Å²) in [4.78, 5) is 14.6. The van der Waals surface area contributed by atoms with Gasteiger partial charge in [0.25, 0.3) is 0 Å². The molecule has 0 aliphatic carbocycles. The lowest BCUT2D eigenvalue weighted by Crippen LogP contribution is -2.55. The molecule has 0 bridgehead atoms. The summed E-state index contributed by atoms with van der Waals surface area (Å²) in [5.41, 5.74) is -0.621. The lowest BCUT2D eigenvalue weighted by molar-refractivity contribution is -0.151. The molecule has 0 aromatic rings. The summed E-state index contributed by atoms with van der Waals surface area (Å²) in [5, 5.41) is 3.37. The third kappa shape index (κ3) is 5.93.